The summed E-state index contributed by atoms with van der Waals surface area (Å²) in [6.07, 6.45) is 10.5. The highest BCUT2D eigenvalue weighted by atomic mass is 19.1. The van der Waals surface area contributed by atoms with Crippen molar-refractivity contribution in [3.8, 4) is 0 Å². The van der Waals surface area contributed by atoms with E-state index in [1.807, 2.05) is 0 Å². The van der Waals surface area contributed by atoms with Crippen molar-refractivity contribution in [3.05, 3.63) is 35.4 Å². The van der Waals surface area contributed by atoms with Gasteiger partial charge in [0.15, 0.2) is 0 Å². The van der Waals surface area contributed by atoms with E-state index >= 15 is 0 Å². The van der Waals surface area contributed by atoms with E-state index in [1.54, 1.807) is 0 Å². The molecule has 4 heteroatoms. The summed E-state index contributed by atoms with van der Waals surface area (Å²) in [6.45, 7) is 2.46. The molecule has 0 aliphatic heterocycles. The molecular formula is C18H26F2O2. The topological polar surface area (TPSA) is 26.3 Å². The predicted octanol–water partition coefficient (Wildman–Crippen LogP) is 5.65. The van der Waals surface area contributed by atoms with Gasteiger partial charge < -0.3 is 4.74 Å². The van der Waals surface area contributed by atoms with Gasteiger partial charge in [-0.15, -0.1) is 0 Å². The summed E-state index contributed by atoms with van der Waals surface area (Å²) in [5.74, 6) is -2.19. The Hall–Kier alpha value is -1.45. The van der Waals surface area contributed by atoms with Gasteiger partial charge in [0.05, 0.1) is 12.2 Å². The zero-order valence-electron chi connectivity index (χ0n) is 13.4. The Morgan fingerprint density at radius 1 is 0.955 bits per heavy atom. The average molecular weight is 312 g/mol. The van der Waals surface area contributed by atoms with Crippen LogP contribution in [0.2, 0.25) is 0 Å². The molecule has 2 nitrogen and oxygen atoms in total. The smallest absolute Gasteiger partial charge is 0.341 e. The fourth-order valence-electron chi connectivity index (χ4n) is 2.31. The van der Waals surface area contributed by atoms with E-state index in [1.165, 1.54) is 38.5 Å². The lowest BCUT2D eigenvalue weighted by Crippen LogP contribution is -2.09. The van der Waals surface area contributed by atoms with Crippen molar-refractivity contribution in [2.24, 2.45) is 0 Å². The molecule has 0 amide bonds. The van der Waals surface area contributed by atoms with Crippen LogP contribution in [0, 0.1) is 11.6 Å². The first-order chi connectivity index (χ1) is 10.6. The SMILES string of the molecule is CCCCCCCCCCCOC(=O)c1cc(F)ccc1F. The summed E-state index contributed by atoms with van der Waals surface area (Å²) in [5.41, 5.74) is -0.337. The fourth-order valence-corrected chi connectivity index (χ4v) is 2.31. The number of carbonyl (C=O) groups is 1. The van der Waals surface area contributed by atoms with Gasteiger partial charge in [-0.1, -0.05) is 58.3 Å². The van der Waals surface area contributed by atoms with Crippen molar-refractivity contribution in [2.75, 3.05) is 6.61 Å². The third-order valence-corrected chi connectivity index (χ3v) is 3.63. The van der Waals surface area contributed by atoms with Crippen LogP contribution in [0.4, 0.5) is 8.78 Å². The van der Waals surface area contributed by atoms with Crippen LogP contribution in [0.1, 0.15) is 75.1 Å². The third kappa shape index (κ3) is 7.53. The van der Waals surface area contributed by atoms with E-state index in [9.17, 15) is 13.6 Å². The molecule has 1 aromatic carbocycles. The van der Waals surface area contributed by atoms with Crippen LogP contribution >= 0.6 is 0 Å². The highest BCUT2D eigenvalue weighted by Gasteiger charge is 2.13. The zero-order chi connectivity index (χ0) is 16.2. The number of unbranched alkanes of at least 4 members (excludes halogenated alkanes) is 8. The van der Waals surface area contributed by atoms with Crippen molar-refractivity contribution in [1.29, 1.82) is 0 Å². The van der Waals surface area contributed by atoms with Crippen molar-refractivity contribution in [2.45, 2.75) is 64.7 Å². The van der Waals surface area contributed by atoms with Crippen molar-refractivity contribution < 1.29 is 18.3 Å². The van der Waals surface area contributed by atoms with E-state index in [2.05, 4.69) is 6.92 Å². The van der Waals surface area contributed by atoms with E-state index < -0.39 is 17.6 Å². The molecule has 0 aliphatic rings. The lowest BCUT2D eigenvalue weighted by atomic mass is 10.1. The van der Waals surface area contributed by atoms with Gasteiger partial charge in [-0.05, 0) is 24.6 Å². The van der Waals surface area contributed by atoms with Crippen LogP contribution in [-0.2, 0) is 4.74 Å². The highest BCUT2D eigenvalue weighted by molar-refractivity contribution is 5.89. The van der Waals surface area contributed by atoms with E-state index in [-0.39, 0.29) is 12.2 Å². The van der Waals surface area contributed by atoms with Crippen molar-refractivity contribution >= 4 is 5.97 Å². The maximum absolute atomic E-state index is 13.4. The monoisotopic (exact) mass is 312 g/mol. The molecule has 0 fully saturated rings. The Morgan fingerprint density at radius 2 is 1.55 bits per heavy atom. The number of rotatable bonds is 11. The molecule has 0 saturated carbocycles. The molecule has 0 unspecified atom stereocenters. The number of hydrogen-bond acceptors (Lipinski definition) is 2. The zero-order valence-corrected chi connectivity index (χ0v) is 13.4. The minimum Gasteiger partial charge on any atom is -0.462 e. The summed E-state index contributed by atoms with van der Waals surface area (Å²) in [5, 5.41) is 0. The minimum absolute atomic E-state index is 0.255. The third-order valence-electron chi connectivity index (χ3n) is 3.63. The standard InChI is InChI=1S/C18H26F2O2/c1-2-3-4-5-6-7-8-9-10-13-22-18(21)16-14-15(19)11-12-17(16)20/h11-12,14H,2-10,13H2,1H3. The minimum atomic E-state index is -0.795. The Bertz CT molecular complexity index is 447. The summed E-state index contributed by atoms with van der Waals surface area (Å²) in [4.78, 5) is 11.6. The van der Waals surface area contributed by atoms with Crippen LogP contribution in [-0.4, -0.2) is 12.6 Å². The van der Waals surface area contributed by atoms with Gasteiger partial charge in [-0.3, -0.25) is 0 Å². The summed E-state index contributed by atoms with van der Waals surface area (Å²) >= 11 is 0. The number of benzene rings is 1. The second kappa shape index (κ2) is 11.2. The molecule has 1 aromatic rings. The average Bonchev–Trinajstić information content (AvgIpc) is 2.51. The molecule has 0 N–H and O–H groups in total. The molecule has 1 rings (SSSR count). The largest absolute Gasteiger partial charge is 0.462 e. The molecule has 124 valence electrons. The fraction of sp³-hybridized carbons (Fsp3) is 0.611. The summed E-state index contributed by atoms with van der Waals surface area (Å²) < 4.78 is 31.3. The molecule has 0 spiro atoms. The molecule has 0 heterocycles. The second-order valence-corrected chi connectivity index (χ2v) is 5.59. The maximum Gasteiger partial charge on any atom is 0.341 e. The van der Waals surface area contributed by atoms with Gasteiger partial charge in [0.1, 0.15) is 11.6 Å². The number of carbonyl (C=O) groups excluding carboxylic acids is 1. The molecular weight excluding hydrogens is 286 g/mol. The first kappa shape index (κ1) is 18.6. The Kier molecular flexibility index (Phi) is 9.44. The van der Waals surface area contributed by atoms with Gasteiger partial charge in [0.25, 0.3) is 0 Å². The molecule has 0 saturated heterocycles. The second-order valence-electron chi connectivity index (χ2n) is 5.59. The van der Waals surface area contributed by atoms with Crippen LogP contribution in [0.3, 0.4) is 0 Å². The first-order valence-corrected chi connectivity index (χ1v) is 8.27. The number of hydrogen-bond donors (Lipinski definition) is 0. The summed E-state index contributed by atoms with van der Waals surface area (Å²) in [7, 11) is 0. The van der Waals surface area contributed by atoms with E-state index in [0.29, 0.717) is 0 Å². The number of halogens is 2. The molecule has 0 aromatic heterocycles. The Labute approximate surface area is 131 Å². The van der Waals surface area contributed by atoms with Gasteiger partial charge in [-0.2, -0.15) is 0 Å². The lowest BCUT2D eigenvalue weighted by molar-refractivity contribution is 0.0491. The van der Waals surface area contributed by atoms with Gasteiger partial charge in [0, 0.05) is 0 Å². The molecule has 0 atom stereocenters. The number of esters is 1. The van der Waals surface area contributed by atoms with Crippen molar-refractivity contribution in [1.82, 2.24) is 0 Å². The molecule has 0 radical (unpaired) electrons. The van der Waals surface area contributed by atoms with Gasteiger partial charge >= 0.3 is 5.97 Å². The Morgan fingerprint density at radius 3 is 2.18 bits per heavy atom. The number of ether oxygens (including phenoxy) is 1. The maximum atomic E-state index is 13.4. The summed E-state index contributed by atoms with van der Waals surface area (Å²) in [6, 6.07) is 2.78. The molecule has 22 heavy (non-hydrogen) atoms. The van der Waals surface area contributed by atoms with Crippen LogP contribution in [0.25, 0.3) is 0 Å². The van der Waals surface area contributed by atoms with Crippen LogP contribution < -0.4 is 0 Å². The Balaban J connectivity index is 2.07. The van der Waals surface area contributed by atoms with Crippen LogP contribution in [0.15, 0.2) is 18.2 Å². The molecule has 0 aliphatic carbocycles. The normalized spacial score (nSPS) is 10.7. The highest BCUT2D eigenvalue weighted by Crippen LogP contribution is 2.12. The van der Waals surface area contributed by atoms with Crippen LogP contribution in [0.5, 0.6) is 0 Å². The van der Waals surface area contributed by atoms with Gasteiger partial charge in [-0.25, -0.2) is 13.6 Å². The van der Waals surface area contributed by atoms with Crippen molar-refractivity contribution in [3.63, 3.8) is 0 Å². The lowest BCUT2D eigenvalue weighted by Gasteiger charge is -2.06. The van der Waals surface area contributed by atoms with E-state index in [4.69, 9.17) is 4.74 Å². The quantitative estimate of drug-likeness (QED) is 0.390. The predicted molar refractivity (Wildman–Crippen MR) is 83.9 cm³/mol. The first-order valence-electron chi connectivity index (χ1n) is 8.27. The van der Waals surface area contributed by atoms with E-state index in [0.717, 1.165) is 37.5 Å². The van der Waals surface area contributed by atoms with Gasteiger partial charge in [0.2, 0.25) is 0 Å². The molecule has 0 bridgehead atoms.